The fourth-order valence-corrected chi connectivity index (χ4v) is 1.85. The minimum absolute atomic E-state index is 0.0539. The lowest BCUT2D eigenvalue weighted by Crippen LogP contribution is -2.04. The summed E-state index contributed by atoms with van der Waals surface area (Å²) in [6.45, 7) is 1.84. The zero-order valence-electron chi connectivity index (χ0n) is 11.3. The van der Waals surface area contributed by atoms with Gasteiger partial charge in [0.25, 0.3) is 0 Å². The van der Waals surface area contributed by atoms with Crippen molar-refractivity contribution < 1.29 is 19.0 Å². The van der Waals surface area contributed by atoms with Crippen LogP contribution in [0.2, 0.25) is 0 Å². The van der Waals surface area contributed by atoms with E-state index in [1.54, 1.807) is 25.1 Å². The zero-order valence-corrected chi connectivity index (χ0v) is 11.3. The highest BCUT2D eigenvalue weighted by atomic mass is 19.1. The van der Waals surface area contributed by atoms with Gasteiger partial charge in [-0.2, -0.15) is 5.26 Å². The molecule has 0 atom stereocenters. The van der Waals surface area contributed by atoms with Crippen molar-refractivity contribution in [2.45, 2.75) is 13.5 Å². The summed E-state index contributed by atoms with van der Waals surface area (Å²) in [5.74, 6) is -1.44. The van der Waals surface area contributed by atoms with Gasteiger partial charge in [-0.05, 0) is 36.8 Å². The number of carbonyl (C=O) groups is 1. The van der Waals surface area contributed by atoms with Crippen molar-refractivity contribution in [3.63, 3.8) is 0 Å². The van der Waals surface area contributed by atoms with E-state index >= 15 is 0 Å². The van der Waals surface area contributed by atoms with E-state index in [0.717, 1.165) is 5.56 Å². The molecule has 2 aromatic carbocycles. The predicted molar refractivity (Wildman–Crippen MR) is 73.6 cm³/mol. The number of rotatable bonds is 4. The van der Waals surface area contributed by atoms with Gasteiger partial charge < -0.3 is 9.84 Å². The van der Waals surface area contributed by atoms with Crippen LogP contribution in [-0.4, -0.2) is 11.1 Å². The maximum Gasteiger partial charge on any atom is 0.339 e. The molecule has 0 saturated carbocycles. The molecule has 5 heteroatoms. The Morgan fingerprint density at radius 1 is 1.33 bits per heavy atom. The van der Waals surface area contributed by atoms with E-state index in [9.17, 15) is 9.18 Å². The number of halogens is 1. The van der Waals surface area contributed by atoms with E-state index in [1.807, 2.05) is 0 Å². The monoisotopic (exact) mass is 285 g/mol. The van der Waals surface area contributed by atoms with Gasteiger partial charge in [-0.25, -0.2) is 9.18 Å². The first-order valence-corrected chi connectivity index (χ1v) is 6.16. The van der Waals surface area contributed by atoms with Crippen molar-refractivity contribution in [2.24, 2.45) is 0 Å². The summed E-state index contributed by atoms with van der Waals surface area (Å²) >= 11 is 0. The molecule has 4 nitrogen and oxygen atoms in total. The van der Waals surface area contributed by atoms with Gasteiger partial charge in [0.05, 0.1) is 5.56 Å². The van der Waals surface area contributed by atoms with E-state index < -0.39 is 11.8 Å². The Hall–Kier alpha value is -2.87. The molecule has 0 heterocycles. The number of aryl methyl sites for hydroxylation is 1. The van der Waals surface area contributed by atoms with Crippen LogP contribution in [0.3, 0.4) is 0 Å². The molecule has 2 rings (SSSR count). The van der Waals surface area contributed by atoms with Crippen molar-refractivity contribution >= 4 is 5.97 Å². The third-order valence-corrected chi connectivity index (χ3v) is 2.91. The Morgan fingerprint density at radius 2 is 2.10 bits per heavy atom. The second-order valence-corrected chi connectivity index (χ2v) is 4.52. The number of aromatic carboxylic acids is 1. The van der Waals surface area contributed by atoms with Crippen LogP contribution >= 0.6 is 0 Å². The first-order chi connectivity index (χ1) is 10.0. The van der Waals surface area contributed by atoms with Gasteiger partial charge in [-0.3, -0.25) is 0 Å². The number of carboxylic acids is 1. The molecule has 0 bridgehead atoms. The molecule has 0 unspecified atom stereocenters. The summed E-state index contributed by atoms with van der Waals surface area (Å²) in [6.07, 6.45) is 0. The summed E-state index contributed by atoms with van der Waals surface area (Å²) in [4.78, 5) is 11.2. The van der Waals surface area contributed by atoms with Gasteiger partial charge in [0.1, 0.15) is 29.8 Å². The maximum absolute atomic E-state index is 13.2. The summed E-state index contributed by atoms with van der Waals surface area (Å²) < 4.78 is 18.7. The second kappa shape index (κ2) is 6.06. The van der Waals surface area contributed by atoms with Gasteiger partial charge in [0.2, 0.25) is 0 Å². The maximum atomic E-state index is 13.2. The van der Waals surface area contributed by atoms with Crippen LogP contribution in [0, 0.1) is 24.1 Å². The molecule has 106 valence electrons. The molecule has 21 heavy (non-hydrogen) atoms. The number of benzene rings is 2. The van der Waals surface area contributed by atoms with E-state index in [4.69, 9.17) is 15.1 Å². The van der Waals surface area contributed by atoms with Crippen molar-refractivity contribution in [1.29, 1.82) is 5.26 Å². The van der Waals surface area contributed by atoms with Crippen molar-refractivity contribution in [3.8, 4) is 11.8 Å². The Labute approximate surface area is 121 Å². The second-order valence-electron chi connectivity index (χ2n) is 4.52. The Balaban J connectivity index is 2.21. The van der Waals surface area contributed by atoms with Crippen LogP contribution < -0.4 is 4.74 Å². The summed E-state index contributed by atoms with van der Waals surface area (Å²) in [5.41, 5.74) is 1.40. The number of hydrogen-bond acceptors (Lipinski definition) is 3. The molecule has 0 saturated heterocycles. The minimum Gasteiger partial charge on any atom is -0.488 e. The minimum atomic E-state index is -1.08. The smallest absolute Gasteiger partial charge is 0.339 e. The fourth-order valence-electron chi connectivity index (χ4n) is 1.85. The largest absolute Gasteiger partial charge is 0.488 e. The highest BCUT2D eigenvalue weighted by Gasteiger charge is 2.12. The molecular formula is C16H12FNO3. The third kappa shape index (κ3) is 3.37. The van der Waals surface area contributed by atoms with Gasteiger partial charge in [-0.15, -0.1) is 0 Å². The van der Waals surface area contributed by atoms with E-state index in [1.165, 1.54) is 24.3 Å². The number of nitriles is 1. The standard InChI is InChI=1S/C16H12FNO3/c1-10-2-5-15(13(6-10)16(19)20)21-9-11-3-4-14(17)12(7-11)8-18/h2-7H,9H2,1H3,(H,19,20). The molecule has 0 aliphatic carbocycles. The average molecular weight is 285 g/mol. The summed E-state index contributed by atoms with van der Waals surface area (Å²) in [6, 6.07) is 10.6. The van der Waals surface area contributed by atoms with Crippen LogP contribution in [0.25, 0.3) is 0 Å². The Kier molecular flexibility index (Phi) is 4.19. The van der Waals surface area contributed by atoms with Gasteiger partial charge in [0.15, 0.2) is 0 Å². The fraction of sp³-hybridized carbons (Fsp3) is 0.125. The third-order valence-electron chi connectivity index (χ3n) is 2.91. The average Bonchev–Trinajstić information content (AvgIpc) is 2.47. The molecule has 0 aliphatic heterocycles. The predicted octanol–water partition coefficient (Wildman–Crippen LogP) is 3.28. The molecule has 0 radical (unpaired) electrons. The number of hydrogen-bond donors (Lipinski definition) is 1. The molecule has 0 aromatic heterocycles. The number of ether oxygens (including phenoxy) is 1. The highest BCUT2D eigenvalue weighted by Crippen LogP contribution is 2.21. The normalized spacial score (nSPS) is 9.95. The lowest BCUT2D eigenvalue weighted by Gasteiger charge is -2.10. The van der Waals surface area contributed by atoms with Crippen molar-refractivity contribution in [3.05, 3.63) is 64.5 Å². The van der Waals surface area contributed by atoms with Gasteiger partial charge in [0, 0.05) is 0 Å². The Bertz CT molecular complexity index is 735. The molecule has 0 amide bonds. The van der Waals surface area contributed by atoms with E-state index in [2.05, 4.69) is 0 Å². The SMILES string of the molecule is Cc1ccc(OCc2ccc(F)c(C#N)c2)c(C(=O)O)c1. The first-order valence-electron chi connectivity index (χ1n) is 6.16. The number of carboxylic acid groups (broad SMARTS) is 1. The van der Waals surface area contributed by atoms with Gasteiger partial charge in [-0.1, -0.05) is 17.7 Å². The summed E-state index contributed by atoms with van der Waals surface area (Å²) in [5, 5.41) is 17.9. The number of nitrogens with zero attached hydrogens (tertiary/aromatic N) is 1. The summed E-state index contributed by atoms with van der Waals surface area (Å²) in [7, 11) is 0. The molecular weight excluding hydrogens is 273 g/mol. The van der Waals surface area contributed by atoms with Crippen molar-refractivity contribution in [1.82, 2.24) is 0 Å². The topological polar surface area (TPSA) is 70.3 Å². The van der Waals surface area contributed by atoms with Crippen LogP contribution in [0.5, 0.6) is 5.75 Å². The molecule has 0 fully saturated rings. The molecule has 2 aromatic rings. The highest BCUT2D eigenvalue weighted by molar-refractivity contribution is 5.91. The van der Waals surface area contributed by atoms with Crippen molar-refractivity contribution in [2.75, 3.05) is 0 Å². The zero-order chi connectivity index (χ0) is 15.4. The van der Waals surface area contributed by atoms with E-state index in [0.29, 0.717) is 5.56 Å². The molecule has 0 spiro atoms. The van der Waals surface area contributed by atoms with Gasteiger partial charge >= 0.3 is 5.97 Å². The van der Waals surface area contributed by atoms with E-state index in [-0.39, 0.29) is 23.5 Å². The Morgan fingerprint density at radius 3 is 2.76 bits per heavy atom. The molecule has 1 N–H and O–H groups in total. The van der Waals surface area contributed by atoms with Crippen LogP contribution in [0.1, 0.15) is 27.0 Å². The lowest BCUT2D eigenvalue weighted by atomic mass is 10.1. The van der Waals surface area contributed by atoms with Crippen LogP contribution in [0.4, 0.5) is 4.39 Å². The lowest BCUT2D eigenvalue weighted by molar-refractivity contribution is 0.0691. The van der Waals surface area contributed by atoms with Crippen LogP contribution in [-0.2, 0) is 6.61 Å². The quantitative estimate of drug-likeness (QED) is 0.935. The first kappa shape index (κ1) is 14.5. The molecule has 0 aliphatic rings. The van der Waals surface area contributed by atoms with Crippen LogP contribution in [0.15, 0.2) is 36.4 Å².